The predicted molar refractivity (Wildman–Crippen MR) is 148 cm³/mol. The smallest absolute Gasteiger partial charge is 0.338 e. The lowest BCUT2D eigenvalue weighted by Crippen LogP contribution is -2.19. The van der Waals surface area contributed by atoms with E-state index >= 15 is 0 Å². The van der Waals surface area contributed by atoms with Gasteiger partial charge in [-0.1, -0.05) is 37.3 Å². The monoisotopic (exact) mass is 473 g/mol. The average molecular weight is 474 g/mol. The zero-order valence-electron chi connectivity index (χ0n) is 22.4. The highest BCUT2D eigenvalue weighted by Gasteiger charge is 2.25. The molecule has 0 saturated heterocycles. The summed E-state index contributed by atoms with van der Waals surface area (Å²) in [5.74, 6) is -0.393. The quantitative estimate of drug-likeness (QED) is 0.281. The number of anilines is 3. The van der Waals surface area contributed by atoms with Crippen molar-refractivity contribution in [1.82, 2.24) is 0 Å². The van der Waals surface area contributed by atoms with Crippen molar-refractivity contribution in [3.63, 3.8) is 0 Å². The van der Waals surface area contributed by atoms with Gasteiger partial charge in [0.05, 0.1) is 11.7 Å². The zero-order valence-corrected chi connectivity index (χ0v) is 22.4. The Morgan fingerprint density at radius 1 is 0.714 bits per heavy atom. The van der Waals surface area contributed by atoms with Crippen molar-refractivity contribution in [2.45, 2.75) is 32.3 Å². The third-order valence-corrected chi connectivity index (χ3v) is 6.45. The van der Waals surface area contributed by atoms with E-state index in [0.29, 0.717) is 5.56 Å². The van der Waals surface area contributed by atoms with Crippen molar-refractivity contribution in [2.24, 2.45) is 0 Å². The molecule has 0 saturated carbocycles. The minimum absolute atomic E-state index is 0.113. The molecule has 0 bridgehead atoms. The molecule has 0 N–H and O–H groups in total. The van der Waals surface area contributed by atoms with Gasteiger partial charge in [0.15, 0.2) is 0 Å². The third-order valence-electron chi connectivity index (χ3n) is 6.45. The maximum absolute atomic E-state index is 13.4. The maximum Gasteiger partial charge on any atom is 0.338 e. The zero-order chi connectivity index (χ0) is 25.7. The highest BCUT2D eigenvalue weighted by atomic mass is 16.5. The van der Waals surface area contributed by atoms with Crippen LogP contribution in [-0.2, 0) is 4.74 Å². The van der Waals surface area contributed by atoms with Crippen LogP contribution in [0.4, 0.5) is 17.1 Å². The van der Waals surface area contributed by atoms with E-state index in [2.05, 4.69) is 70.5 Å². The van der Waals surface area contributed by atoms with Gasteiger partial charge in [-0.05, 0) is 66.4 Å². The van der Waals surface area contributed by atoms with Gasteiger partial charge in [0.25, 0.3) is 0 Å². The molecule has 0 amide bonds. The Morgan fingerprint density at radius 3 is 1.54 bits per heavy atom. The average Bonchev–Trinajstić information content (AvgIpc) is 2.84. The molecule has 5 nitrogen and oxygen atoms in total. The fourth-order valence-corrected chi connectivity index (χ4v) is 4.06. The summed E-state index contributed by atoms with van der Waals surface area (Å²) in [5.41, 5.74) is 7.04. The van der Waals surface area contributed by atoms with Crippen molar-refractivity contribution < 1.29 is 9.53 Å². The molecule has 0 spiro atoms. The van der Waals surface area contributed by atoms with Crippen LogP contribution < -0.4 is 14.7 Å². The number of nitrogens with zero attached hydrogens (tertiary/aromatic N) is 3. The summed E-state index contributed by atoms with van der Waals surface area (Å²) in [7, 11) is 12.1. The molecule has 1 unspecified atom stereocenters. The van der Waals surface area contributed by atoms with Crippen LogP contribution in [0.25, 0.3) is 0 Å². The second kappa shape index (κ2) is 11.3. The molecular formula is C30H39N3O2. The topological polar surface area (TPSA) is 36.0 Å². The second-order valence-corrected chi connectivity index (χ2v) is 9.70. The predicted octanol–water partition coefficient (Wildman–Crippen LogP) is 6.02. The summed E-state index contributed by atoms with van der Waals surface area (Å²) in [6.45, 7) is 3.96. The lowest BCUT2D eigenvalue weighted by Gasteiger charge is -2.25. The number of esters is 1. The van der Waals surface area contributed by atoms with Crippen molar-refractivity contribution in [3.8, 4) is 0 Å². The summed E-state index contributed by atoms with van der Waals surface area (Å²) in [4.78, 5) is 19.6. The number of benzene rings is 3. The number of carbonyl (C=O) groups is 1. The highest BCUT2D eigenvalue weighted by Crippen LogP contribution is 2.37. The molecule has 3 aromatic rings. The van der Waals surface area contributed by atoms with Crippen LogP contribution in [0.3, 0.4) is 0 Å². The molecule has 35 heavy (non-hydrogen) atoms. The van der Waals surface area contributed by atoms with Gasteiger partial charge in [0, 0.05) is 65.3 Å². The van der Waals surface area contributed by atoms with E-state index in [1.54, 1.807) is 0 Å². The van der Waals surface area contributed by atoms with Crippen LogP contribution in [0.1, 0.15) is 53.2 Å². The first-order valence-electron chi connectivity index (χ1n) is 12.2. The molecule has 0 aromatic heterocycles. The SMILES string of the molecule is CCC(C)OC(=O)c1cc(N(C)C)ccc1C(c1ccc(N(C)C)cc1)c1ccc(N(C)C)cc1. The van der Waals surface area contributed by atoms with E-state index in [1.807, 2.05) is 67.1 Å². The molecule has 0 heterocycles. The fourth-order valence-electron chi connectivity index (χ4n) is 4.06. The normalized spacial score (nSPS) is 11.8. The fraction of sp³-hybridized carbons (Fsp3) is 0.367. The summed E-state index contributed by atoms with van der Waals surface area (Å²) in [6.07, 6.45) is 0.631. The number of hydrogen-bond donors (Lipinski definition) is 0. The van der Waals surface area contributed by atoms with Gasteiger partial charge >= 0.3 is 5.97 Å². The van der Waals surface area contributed by atoms with Gasteiger partial charge in [-0.25, -0.2) is 4.79 Å². The van der Waals surface area contributed by atoms with Gasteiger partial charge in [-0.2, -0.15) is 0 Å². The minimum Gasteiger partial charge on any atom is -0.459 e. The Bertz CT molecular complexity index is 1070. The van der Waals surface area contributed by atoms with E-state index in [4.69, 9.17) is 4.74 Å². The highest BCUT2D eigenvalue weighted by molar-refractivity contribution is 5.93. The molecule has 3 rings (SSSR count). The van der Waals surface area contributed by atoms with E-state index in [-0.39, 0.29) is 18.0 Å². The summed E-state index contributed by atoms with van der Waals surface area (Å²) in [5, 5.41) is 0. The van der Waals surface area contributed by atoms with E-state index in [9.17, 15) is 4.79 Å². The molecule has 0 aliphatic carbocycles. The Balaban J connectivity index is 2.20. The largest absolute Gasteiger partial charge is 0.459 e. The molecule has 0 fully saturated rings. The molecule has 1 atom stereocenters. The minimum atomic E-state index is -0.280. The van der Waals surface area contributed by atoms with Crippen LogP contribution in [0, 0.1) is 0 Å². The Morgan fingerprint density at radius 2 is 1.14 bits per heavy atom. The maximum atomic E-state index is 13.4. The number of ether oxygens (including phenoxy) is 1. The van der Waals surface area contributed by atoms with Crippen molar-refractivity contribution in [3.05, 3.63) is 89.0 Å². The standard InChI is InChI=1S/C30H39N3O2/c1-9-21(2)35-30(34)28-20-26(33(7)8)18-19-27(28)29(22-10-14-24(15-11-22)31(3)4)23-12-16-25(17-13-23)32(5)6/h10-21,29H,9H2,1-8H3. The molecular weight excluding hydrogens is 434 g/mol. The van der Waals surface area contributed by atoms with Gasteiger partial charge in [-0.15, -0.1) is 0 Å². The van der Waals surface area contributed by atoms with Gasteiger partial charge in [-0.3, -0.25) is 0 Å². The van der Waals surface area contributed by atoms with Gasteiger partial charge in [0.2, 0.25) is 0 Å². The van der Waals surface area contributed by atoms with Crippen LogP contribution in [0.15, 0.2) is 66.7 Å². The number of hydrogen-bond acceptors (Lipinski definition) is 5. The van der Waals surface area contributed by atoms with Crippen molar-refractivity contribution >= 4 is 23.0 Å². The Hall–Kier alpha value is -3.47. The van der Waals surface area contributed by atoms with Gasteiger partial charge in [0.1, 0.15) is 0 Å². The molecule has 186 valence electrons. The first-order chi connectivity index (χ1) is 16.6. The van der Waals surface area contributed by atoms with Crippen LogP contribution in [0.2, 0.25) is 0 Å². The Kier molecular flexibility index (Phi) is 8.44. The lowest BCUT2D eigenvalue weighted by atomic mass is 9.82. The van der Waals surface area contributed by atoms with Gasteiger partial charge < -0.3 is 19.4 Å². The van der Waals surface area contributed by atoms with Crippen LogP contribution in [-0.4, -0.2) is 54.4 Å². The molecule has 0 aliphatic heterocycles. The summed E-state index contributed by atoms with van der Waals surface area (Å²) >= 11 is 0. The summed E-state index contributed by atoms with van der Waals surface area (Å²) in [6, 6.07) is 23.2. The van der Waals surface area contributed by atoms with E-state index in [1.165, 1.54) is 0 Å². The molecule has 0 radical (unpaired) electrons. The third kappa shape index (κ3) is 6.16. The van der Waals surface area contributed by atoms with E-state index in [0.717, 1.165) is 40.2 Å². The van der Waals surface area contributed by atoms with E-state index < -0.39 is 0 Å². The van der Waals surface area contributed by atoms with Crippen molar-refractivity contribution in [2.75, 3.05) is 57.0 Å². The first kappa shape index (κ1) is 26.1. The van der Waals surface area contributed by atoms with Crippen molar-refractivity contribution in [1.29, 1.82) is 0 Å². The second-order valence-electron chi connectivity index (χ2n) is 9.70. The molecule has 0 aliphatic rings. The van der Waals surface area contributed by atoms with Crippen LogP contribution in [0.5, 0.6) is 0 Å². The summed E-state index contributed by atoms with van der Waals surface area (Å²) < 4.78 is 5.81. The molecule has 5 heteroatoms. The molecule has 3 aromatic carbocycles. The Labute approximate surface area is 210 Å². The first-order valence-corrected chi connectivity index (χ1v) is 12.2. The number of carbonyl (C=O) groups excluding carboxylic acids is 1. The number of rotatable bonds is 9. The lowest BCUT2D eigenvalue weighted by molar-refractivity contribution is 0.0333. The van der Waals surface area contributed by atoms with Crippen LogP contribution >= 0.6 is 0 Å².